The summed E-state index contributed by atoms with van der Waals surface area (Å²) in [7, 11) is 2.35. The fourth-order valence-corrected chi connectivity index (χ4v) is 5.31. The van der Waals surface area contributed by atoms with Crippen LogP contribution in [0.4, 0.5) is 0 Å². The monoisotopic (exact) mass is 255 g/mol. The second-order valence-electron chi connectivity index (χ2n) is 7.17. The van der Waals surface area contributed by atoms with Gasteiger partial charge in [-0.15, -0.1) is 0 Å². The largest absolute Gasteiger partial charge is 0.303 e. The highest BCUT2D eigenvalue weighted by Crippen LogP contribution is 2.55. The van der Waals surface area contributed by atoms with Crippen LogP contribution in [0.2, 0.25) is 0 Å². The molecular weight excluding hydrogens is 230 g/mol. The molecule has 0 aromatic heterocycles. The van der Waals surface area contributed by atoms with Gasteiger partial charge in [-0.25, -0.2) is 0 Å². The number of hydrogen-bond donors (Lipinski definition) is 0. The van der Waals surface area contributed by atoms with E-state index >= 15 is 0 Å². The van der Waals surface area contributed by atoms with Gasteiger partial charge < -0.3 is 4.90 Å². The summed E-state index contributed by atoms with van der Waals surface area (Å²) in [6.45, 7) is 3.56. The molecule has 3 aliphatic rings. The highest BCUT2D eigenvalue weighted by molar-refractivity contribution is 5.43. The number of likely N-dealkylation sites (N-methyl/N-ethyl adjacent to an activating group) is 1. The average Bonchev–Trinajstić information content (AvgIpc) is 2.43. The molecule has 3 atom stereocenters. The van der Waals surface area contributed by atoms with E-state index in [4.69, 9.17) is 0 Å². The van der Waals surface area contributed by atoms with Crippen molar-refractivity contribution in [2.24, 2.45) is 5.92 Å². The van der Waals surface area contributed by atoms with E-state index in [0.29, 0.717) is 5.41 Å². The second kappa shape index (κ2) is 4.09. The van der Waals surface area contributed by atoms with Crippen LogP contribution in [-0.4, -0.2) is 24.5 Å². The summed E-state index contributed by atoms with van der Waals surface area (Å²) in [5.41, 5.74) is 5.38. The second-order valence-corrected chi connectivity index (χ2v) is 7.17. The van der Waals surface area contributed by atoms with Crippen LogP contribution in [0.15, 0.2) is 18.2 Å². The Hall–Kier alpha value is -0.820. The van der Waals surface area contributed by atoms with Crippen molar-refractivity contribution in [1.82, 2.24) is 4.90 Å². The number of benzene rings is 1. The van der Waals surface area contributed by atoms with Gasteiger partial charge in [-0.2, -0.15) is 0 Å². The average molecular weight is 255 g/mol. The number of nitrogens with zero attached hydrogens (tertiary/aromatic N) is 1. The van der Waals surface area contributed by atoms with Gasteiger partial charge in [0.1, 0.15) is 0 Å². The number of aryl methyl sites for hydroxylation is 1. The molecule has 1 aromatic carbocycles. The van der Waals surface area contributed by atoms with Crippen molar-refractivity contribution in [2.45, 2.75) is 56.9 Å². The van der Waals surface area contributed by atoms with Gasteiger partial charge >= 0.3 is 0 Å². The van der Waals surface area contributed by atoms with Crippen molar-refractivity contribution >= 4 is 0 Å². The molecule has 0 amide bonds. The van der Waals surface area contributed by atoms with Crippen LogP contribution >= 0.6 is 0 Å². The van der Waals surface area contributed by atoms with Gasteiger partial charge in [0.25, 0.3) is 0 Å². The lowest BCUT2D eigenvalue weighted by molar-refractivity contribution is 0.00283. The summed E-state index contributed by atoms with van der Waals surface area (Å²) in [5, 5.41) is 0. The van der Waals surface area contributed by atoms with Crippen molar-refractivity contribution in [3.63, 3.8) is 0 Å². The van der Waals surface area contributed by atoms with Gasteiger partial charge in [0.05, 0.1) is 0 Å². The number of rotatable bonds is 0. The first-order valence-corrected chi connectivity index (χ1v) is 8.01. The van der Waals surface area contributed by atoms with Crippen molar-refractivity contribution in [2.75, 3.05) is 13.6 Å². The van der Waals surface area contributed by atoms with E-state index in [9.17, 15) is 0 Å². The summed E-state index contributed by atoms with van der Waals surface area (Å²) in [6, 6.07) is 8.07. The molecule has 2 bridgehead atoms. The summed E-state index contributed by atoms with van der Waals surface area (Å²) >= 11 is 0. The lowest BCUT2D eigenvalue weighted by atomic mass is 9.52. The first-order chi connectivity index (χ1) is 9.21. The highest BCUT2D eigenvalue weighted by atomic mass is 15.1. The van der Waals surface area contributed by atoms with Gasteiger partial charge in [0, 0.05) is 11.5 Å². The SMILES string of the molecule is Cc1ccc2c(c1)[C@]13CCCCC1[C@H](C2)N(C)CC3. The molecule has 1 saturated heterocycles. The fourth-order valence-electron chi connectivity index (χ4n) is 5.31. The Labute approximate surface area is 117 Å². The number of hydrogen-bond acceptors (Lipinski definition) is 1. The van der Waals surface area contributed by atoms with E-state index in [-0.39, 0.29) is 0 Å². The predicted molar refractivity (Wildman–Crippen MR) is 79.6 cm³/mol. The third-order valence-electron chi connectivity index (χ3n) is 6.27. The summed E-state index contributed by atoms with van der Waals surface area (Å²) in [6.07, 6.45) is 8.48. The molecule has 102 valence electrons. The van der Waals surface area contributed by atoms with Crippen LogP contribution in [0, 0.1) is 12.8 Å². The third-order valence-corrected chi connectivity index (χ3v) is 6.27. The van der Waals surface area contributed by atoms with Gasteiger partial charge in [0.2, 0.25) is 0 Å². The maximum Gasteiger partial charge on any atom is 0.0169 e. The third kappa shape index (κ3) is 1.57. The van der Waals surface area contributed by atoms with Crippen LogP contribution in [0.25, 0.3) is 0 Å². The molecule has 1 saturated carbocycles. The molecule has 2 fully saturated rings. The maximum atomic E-state index is 2.65. The number of likely N-dealkylation sites (tertiary alicyclic amines) is 1. The van der Waals surface area contributed by atoms with Crippen LogP contribution in [0.3, 0.4) is 0 Å². The highest BCUT2D eigenvalue weighted by Gasteiger charge is 2.52. The van der Waals surface area contributed by atoms with Gasteiger partial charge in [-0.1, -0.05) is 36.6 Å². The fraction of sp³-hybridized carbons (Fsp3) is 0.667. The molecule has 1 nitrogen and oxygen atoms in total. The molecule has 1 heteroatoms. The molecule has 2 aliphatic carbocycles. The van der Waals surface area contributed by atoms with Crippen molar-refractivity contribution in [3.05, 3.63) is 34.9 Å². The van der Waals surface area contributed by atoms with Crippen LogP contribution in [0.1, 0.15) is 48.8 Å². The zero-order valence-corrected chi connectivity index (χ0v) is 12.3. The summed E-state index contributed by atoms with van der Waals surface area (Å²) in [5.74, 6) is 0.925. The Balaban J connectivity index is 1.90. The van der Waals surface area contributed by atoms with E-state index < -0.39 is 0 Å². The Bertz CT molecular complexity index is 506. The van der Waals surface area contributed by atoms with Crippen molar-refractivity contribution < 1.29 is 0 Å². The molecule has 0 spiro atoms. The van der Waals surface area contributed by atoms with Gasteiger partial charge in [0.15, 0.2) is 0 Å². The normalized spacial score (nSPS) is 37.6. The standard InChI is InChI=1S/C18H25N/c1-13-6-7-14-12-17-15-5-3-4-8-18(15,16(14)11-13)9-10-19(17)2/h6-7,11,15,17H,3-5,8-10,12H2,1-2H3/t15?,17-,18-/m0/s1. The maximum absolute atomic E-state index is 2.65. The Morgan fingerprint density at radius 1 is 1.21 bits per heavy atom. The smallest absolute Gasteiger partial charge is 0.0169 e. The Kier molecular flexibility index (Phi) is 2.57. The molecular formula is C18H25N. The molecule has 1 aliphatic heterocycles. The Morgan fingerprint density at radius 2 is 2.11 bits per heavy atom. The molecule has 19 heavy (non-hydrogen) atoms. The molecule has 1 heterocycles. The predicted octanol–water partition coefficient (Wildman–Crippen LogP) is 3.68. The van der Waals surface area contributed by atoms with Gasteiger partial charge in [-0.05, 0) is 63.2 Å². The molecule has 1 unspecified atom stereocenters. The van der Waals surface area contributed by atoms with E-state index in [1.165, 1.54) is 50.6 Å². The zero-order valence-electron chi connectivity index (χ0n) is 12.3. The quantitative estimate of drug-likeness (QED) is 0.683. The van der Waals surface area contributed by atoms with Crippen LogP contribution in [0.5, 0.6) is 0 Å². The van der Waals surface area contributed by atoms with Crippen molar-refractivity contribution in [3.8, 4) is 0 Å². The van der Waals surface area contributed by atoms with E-state index in [1.54, 1.807) is 11.1 Å². The summed E-state index contributed by atoms with van der Waals surface area (Å²) in [4.78, 5) is 2.65. The summed E-state index contributed by atoms with van der Waals surface area (Å²) < 4.78 is 0. The molecule has 0 N–H and O–H groups in total. The minimum absolute atomic E-state index is 0.537. The lowest BCUT2D eigenvalue weighted by Gasteiger charge is -2.58. The molecule has 4 rings (SSSR count). The number of fused-ring (bicyclic) bond motifs is 1. The molecule has 0 radical (unpaired) electrons. The first-order valence-electron chi connectivity index (χ1n) is 8.01. The van der Waals surface area contributed by atoms with E-state index in [1.807, 2.05) is 0 Å². The lowest BCUT2D eigenvalue weighted by Crippen LogP contribution is -2.59. The minimum Gasteiger partial charge on any atom is -0.303 e. The van der Waals surface area contributed by atoms with Crippen molar-refractivity contribution in [1.29, 1.82) is 0 Å². The number of piperidine rings is 1. The first kappa shape index (κ1) is 12.0. The topological polar surface area (TPSA) is 3.24 Å². The zero-order chi connectivity index (χ0) is 13.0. The van der Waals surface area contributed by atoms with Crippen LogP contribution < -0.4 is 0 Å². The molecule has 1 aromatic rings. The Morgan fingerprint density at radius 3 is 3.00 bits per heavy atom. The van der Waals surface area contributed by atoms with E-state index in [2.05, 4.69) is 37.1 Å². The minimum atomic E-state index is 0.537. The van der Waals surface area contributed by atoms with Crippen LogP contribution in [-0.2, 0) is 11.8 Å². The van der Waals surface area contributed by atoms with Gasteiger partial charge in [-0.3, -0.25) is 0 Å². The van der Waals surface area contributed by atoms with E-state index in [0.717, 1.165) is 12.0 Å².